The van der Waals surface area contributed by atoms with Crippen LogP contribution in [-0.4, -0.2) is 48.5 Å². The average molecular weight is 245 g/mol. The van der Waals surface area contributed by atoms with Gasteiger partial charge in [0.15, 0.2) is 0 Å². The number of hydrogen-bond acceptors (Lipinski definition) is 4. The molecule has 1 aromatic carbocycles. The molecule has 0 atom stereocenters. The lowest BCUT2D eigenvalue weighted by Gasteiger charge is -2.20. The van der Waals surface area contributed by atoms with Gasteiger partial charge in [0.1, 0.15) is 19.5 Å². The molecule has 0 aromatic heterocycles. The third-order valence-corrected chi connectivity index (χ3v) is 1.83. The predicted molar refractivity (Wildman–Crippen MR) is 59.9 cm³/mol. The van der Waals surface area contributed by atoms with E-state index in [2.05, 4.69) is 0 Å². The molecule has 5 N–H and O–H groups in total. The fraction of sp³-hybridized carbons (Fsp3) is 0.400. The van der Waals surface area contributed by atoms with E-state index in [9.17, 15) is 8.78 Å². The second-order valence-corrected chi connectivity index (χ2v) is 3.54. The van der Waals surface area contributed by atoms with E-state index >= 15 is 0 Å². The van der Waals surface area contributed by atoms with Crippen molar-refractivity contribution in [1.29, 1.82) is 0 Å². The molecule has 0 bridgehead atoms. The van der Waals surface area contributed by atoms with Gasteiger partial charge < -0.3 is 21.1 Å². The Balaban J connectivity index is 0.000000304. The summed E-state index contributed by atoms with van der Waals surface area (Å²) >= 11 is 0. The first kappa shape index (κ1) is 16.0. The smallest absolute Gasteiger partial charge is 0.125 e. The van der Waals surface area contributed by atoms with Gasteiger partial charge in [-0.1, -0.05) is 5.46 Å². The lowest BCUT2D eigenvalue weighted by molar-refractivity contribution is 0.0698. The molecule has 0 aliphatic carbocycles. The highest BCUT2D eigenvalue weighted by Crippen LogP contribution is 1.97. The van der Waals surface area contributed by atoms with Gasteiger partial charge in [0, 0.05) is 6.07 Å². The van der Waals surface area contributed by atoms with Crippen LogP contribution in [0.4, 0.5) is 8.78 Å². The molecule has 0 heterocycles. The Labute approximate surface area is 99.1 Å². The molecular weight excluding hydrogens is 231 g/mol. The molecule has 1 rings (SSSR count). The zero-order chi connectivity index (χ0) is 13.5. The number of hydrogen-bond donors (Lipinski definition) is 4. The number of halogens is 2. The molecule has 17 heavy (non-hydrogen) atoms. The van der Waals surface area contributed by atoms with E-state index in [1.807, 2.05) is 0 Å². The Kier molecular flexibility index (Phi) is 6.90. The van der Waals surface area contributed by atoms with Gasteiger partial charge in [-0.3, -0.25) is 0 Å². The summed E-state index contributed by atoms with van der Waals surface area (Å²) in [6.07, 6.45) is 0. The third-order valence-electron chi connectivity index (χ3n) is 1.83. The van der Waals surface area contributed by atoms with Crippen molar-refractivity contribution in [2.75, 3.05) is 19.8 Å². The average Bonchev–Trinajstić information content (AvgIpc) is 2.27. The number of aliphatic hydroxyl groups excluding tert-OH is 3. The van der Waals surface area contributed by atoms with Crippen LogP contribution in [0, 0.1) is 11.6 Å². The standard InChI is InChI=1S/C6H3BF2.C4H11NO3/c7-4-1-5(8)3-6(9)2-4;5-4(1-6,2-7)3-8/h1-3H;6-8H,1-3,5H2. The highest BCUT2D eigenvalue weighted by Gasteiger charge is 2.20. The van der Waals surface area contributed by atoms with Crippen LogP contribution in [0.5, 0.6) is 0 Å². The Morgan fingerprint density at radius 1 is 1.00 bits per heavy atom. The summed E-state index contributed by atoms with van der Waals surface area (Å²) in [7, 11) is 5.08. The monoisotopic (exact) mass is 245 g/mol. The summed E-state index contributed by atoms with van der Waals surface area (Å²) in [5.41, 5.74) is 4.04. The summed E-state index contributed by atoms with van der Waals surface area (Å²) in [6.45, 7) is -1.21. The summed E-state index contributed by atoms with van der Waals surface area (Å²) < 4.78 is 24.2. The van der Waals surface area contributed by atoms with Crippen molar-refractivity contribution < 1.29 is 24.1 Å². The zero-order valence-corrected chi connectivity index (χ0v) is 9.11. The molecule has 0 saturated carbocycles. The van der Waals surface area contributed by atoms with Crippen LogP contribution in [0.3, 0.4) is 0 Å². The van der Waals surface area contributed by atoms with Crippen LogP contribution < -0.4 is 11.2 Å². The molecule has 1 aromatic rings. The summed E-state index contributed by atoms with van der Waals surface area (Å²) in [5.74, 6) is -1.29. The summed E-state index contributed by atoms with van der Waals surface area (Å²) in [4.78, 5) is 0. The molecule has 0 aliphatic heterocycles. The molecule has 7 heteroatoms. The van der Waals surface area contributed by atoms with E-state index in [1.54, 1.807) is 0 Å². The van der Waals surface area contributed by atoms with E-state index in [-0.39, 0.29) is 5.46 Å². The second kappa shape index (κ2) is 7.34. The molecule has 0 fully saturated rings. The first-order chi connectivity index (χ1) is 7.86. The van der Waals surface area contributed by atoms with Crippen LogP contribution in [0.15, 0.2) is 18.2 Å². The molecule has 0 aliphatic rings. The predicted octanol–water partition coefficient (Wildman–Crippen LogP) is -1.58. The molecule has 0 saturated heterocycles. The maximum absolute atomic E-state index is 12.1. The molecule has 0 amide bonds. The minimum Gasteiger partial charge on any atom is -0.394 e. The molecule has 0 spiro atoms. The lowest BCUT2D eigenvalue weighted by atomic mass is 9.96. The van der Waals surface area contributed by atoms with Gasteiger partial charge in [0.05, 0.1) is 25.4 Å². The fourth-order valence-corrected chi connectivity index (χ4v) is 0.725. The largest absolute Gasteiger partial charge is 0.394 e. The third kappa shape index (κ3) is 6.33. The van der Waals surface area contributed by atoms with Crippen LogP contribution in [0.2, 0.25) is 0 Å². The van der Waals surface area contributed by atoms with Gasteiger partial charge in [-0.05, 0) is 12.1 Å². The topological polar surface area (TPSA) is 86.7 Å². The van der Waals surface area contributed by atoms with Gasteiger partial charge in [0.25, 0.3) is 0 Å². The van der Waals surface area contributed by atoms with Crippen molar-refractivity contribution in [3.05, 3.63) is 29.8 Å². The Bertz CT molecular complexity index is 290. The van der Waals surface area contributed by atoms with E-state index in [0.29, 0.717) is 0 Å². The van der Waals surface area contributed by atoms with Gasteiger partial charge in [-0.25, -0.2) is 8.78 Å². The maximum atomic E-state index is 12.1. The zero-order valence-electron chi connectivity index (χ0n) is 9.11. The van der Waals surface area contributed by atoms with Crippen LogP contribution in [0.25, 0.3) is 0 Å². The molecule has 4 nitrogen and oxygen atoms in total. The van der Waals surface area contributed by atoms with Gasteiger partial charge in [0.2, 0.25) is 0 Å². The van der Waals surface area contributed by atoms with E-state index < -0.39 is 37.0 Å². The lowest BCUT2D eigenvalue weighted by Crippen LogP contribution is -2.50. The molecule has 2 radical (unpaired) electrons. The quantitative estimate of drug-likeness (QED) is 0.484. The van der Waals surface area contributed by atoms with E-state index in [4.69, 9.17) is 28.9 Å². The minimum atomic E-state index is -1.21. The first-order valence-electron chi connectivity index (χ1n) is 4.70. The normalized spacial score (nSPS) is 10.7. The number of benzene rings is 1. The van der Waals surface area contributed by atoms with Gasteiger partial charge in [-0.15, -0.1) is 0 Å². The van der Waals surface area contributed by atoms with E-state index in [1.165, 1.54) is 0 Å². The minimum absolute atomic E-state index is 0.104. The van der Waals surface area contributed by atoms with Crippen molar-refractivity contribution in [1.82, 2.24) is 0 Å². The van der Waals surface area contributed by atoms with Crippen LogP contribution in [-0.2, 0) is 0 Å². The molecule has 0 unspecified atom stereocenters. The molecular formula is C10H14BF2NO3. The van der Waals surface area contributed by atoms with Crippen molar-refractivity contribution in [2.24, 2.45) is 5.73 Å². The van der Waals surface area contributed by atoms with Crippen molar-refractivity contribution in [3.63, 3.8) is 0 Å². The SMILES string of the molecule is NC(CO)(CO)CO.[B]c1cc(F)cc(F)c1. The van der Waals surface area contributed by atoms with Crippen molar-refractivity contribution >= 4 is 13.3 Å². The number of rotatable bonds is 3. The Hall–Kier alpha value is -1.02. The highest BCUT2D eigenvalue weighted by atomic mass is 19.1. The maximum Gasteiger partial charge on any atom is 0.125 e. The van der Waals surface area contributed by atoms with Gasteiger partial charge in [-0.2, -0.15) is 0 Å². The van der Waals surface area contributed by atoms with E-state index in [0.717, 1.165) is 18.2 Å². The first-order valence-corrected chi connectivity index (χ1v) is 4.70. The van der Waals surface area contributed by atoms with Crippen LogP contribution in [0.1, 0.15) is 0 Å². The highest BCUT2D eigenvalue weighted by molar-refractivity contribution is 6.32. The molecule has 94 valence electrons. The fourth-order valence-electron chi connectivity index (χ4n) is 0.725. The van der Waals surface area contributed by atoms with Crippen LogP contribution >= 0.6 is 0 Å². The van der Waals surface area contributed by atoms with Crippen molar-refractivity contribution in [2.45, 2.75) is 5.54 Å². The van der Waals surface area contributed by atoms with Gasteiger partial charge >= 0.3 is 0 Å². The number of nitrogens with two attached hydrogens (primary N) is 1. The number of aliphatic hydroxyl groups is 3. The summed E-state index contributed by atoms with van der Waals surface area (Å²) in [6, 6.07) is 2.89. The van der Waals surface area contributed by atoms with Crippen molar-refractivity contribution in [3.8, 4) is 0 Å². The Morgan fingerprint density at radius 2 is 1.35 bits per heavy atom. The second-order valence-electron chi connectivity index (χ2n) is 3.54. The summed E-state index contributed by atoms with van der Waals surface area (Å²) in [5, 5.41) is 25.0. The Morgan fingerprint density at radius 3 is 1.53 bits per heavy atom.